The molecule has 0 aliphatic heterocycles. The first-order valence-electron chi connectivity index (χ1n) is 8.39. The quantitative estimate of drug-likeness (QED) is 0.509. The highest BCUT2D eigenvalue weighted by molar-refractivity contribution is 9.09. The number of hydrogen-bond donors (Lipinski definition) is 1. The average Bonchev–Trinajstić information content (AvgIpc) is 3.09. The van der Waals surface area contributed by atoms with Crippen molar-refractivity contribution in [2.24, 2.45) is 0 Å². The Morgan fingerprint density at radius 2 is 1.54 bits per heavy atom. The number of thiazole rings is 1. The lowest BCUT2D eigenvalue weighted by molar-refractivity contribution is -0.113. The molecule has 2 aromatic carbocycles. The molecule has 0 aliphatic rings. The maximum absolute atomic E-state index is 11.4. The monoisotopic (exact) mass is 428 g/mol. The molecule has 1 N–H and O–H groups in total. The Morgan fingerprint density at radius 1 is 1.00 bits per heavy atom. The second kappa shape index (κ2) is 7.72. The Morgan fingerprint density at radius 3 is 2.08 bits per heavy atom. The third kappa shape index (κ3) is 4.40. The Labute approximate surface area is 166 Å². The van der Waals surface area contributed by atoms with E-state index in [1.165, 1.54) is 28.0 Å². The second-order valence-corrected chi connectivity index (χ2v) is 8.54. The van der Waals surface area contributed by atoms with Crippen LogP contribution in [0.3, 0.4) is 0 Å². The summed E-state index contributed by atoms with van der Waals surface area (Å²) < 4.78 is 0. The van der Waals surface area contributed by atoms with Crippen molar-refractivity contribution in [1.82, 2.24) is 4.98 Å². The summed E-state index contributed by atoms with van der Waals surface area (Å²) in [6.45, 7) is 6.66. The Bertz CT molecular complexity index is 893. The minimum Gasteiger partial charge on any atom is -0.301 e. The average molecular weight is 429 g/mol. The maximum Gasteiger partial charge on any atom is 0.236 e. The van der Waals surface area contributed by atoms with Crippen LogP contribution in [0.2, 0.25) is 0 Å². The molecular weight excluding hydrogens is 408 g/mol. The van der Waals surface area contributed by atoms with Crippen molar-refractivity contribution in [3.8, 4) is 22.4 Å². The van der Waals surface area contributed by atoms with Crippen molar-refractivity contribution in [3.63, 3.8) is 0 Å². The predicted molar refractivity (Wildman–Crippen MR) is 114 cm³/mol. The van der Waals surface area contributed by atoms with Crippen LogP contribution in [0.15, 0.2) is 53.9 Å². The number of nitrogens with one attached hydrogen (secondary N) is 1. The summed E-state index contributed by atoms with van der Waals surface area (Å²) in [5, 5.41) is 5.60. The molecule has 0 atom stereocenters. The third-order valence-electron chi connectivity index (χ3n) is 4.14. The standard InChI is InChI=1S/C21H21BrN2OS/c1-21(2,3)17-10-8-15(9-11-17)14-4-6-16(7-5-14)18-13-26-20(23-18)24-19(25)12-22/h4-11,13H,12H2,1-3H3,(H,23,24,25). The molecule has 0 aliphatic carbocycles. The van der Waals surface area contributed by atoms with Crippen molar-refractivity contribution in [1.29, 1.82) is 0 Å². The molecule has 0 unspecified atom stereocenters. The zero-order valence-electron chi connectivity index (χ0n) is 15.0. The largest absolute Gasteiger partial charge is 0.301 e. The van der Waals surface area contributed by atoms with Crippen LogP contribution in [0.5, 0.6) is 0 Å². The van der Waals surface area contributed by atoms with Crippen molar-refractivity contribution in [2.75, 3.05) is 10.6 Å². The van der Waals surface area contributed by atoms with Crippen LogP contribution >= 0.6 is 27.3 Å². The zero-order valence-corrected chi connectivity index (χ0v) is 17.4. The van der Waals surface area contributed by atoms with Gasteiger partial charge in [-0.25, -0.2) is 4.98 Å². The smallest absolute Gasteiger partial charge is 0.236 e. The van der Waals surface area contributed by atoms with E-state index in [0.29, 0.717) is 5.13 Å². The number of aromatic nitrogens is 1. The lowest BCUT2D eigenvalue weighted by atomic mass is 9.86. The normalized spacial score (nSPS) is 11.4. The first-order chi connectivity index (χ1) is 12.4. The lowest BCUT2D eigenvalue weighted by Crippen LogP contribution is -2.11. The summed E-state index contributed by atoms with van der Waals surface area (Å²) in [5.41, 5.74) is 5.78. The van der Waals surface area contributed by atoms with E-state index in [2.05, 4.69) is 95.5 Å². The lowest BCUT2D eigenvalue weighted by Gasteiger charge is -2.19. The highest BCUT2D eigenvalue weighted by atomic mass is 79.9. The number of carbonyl (C=O) groups excluding carboxylic acids is 1. The van der Waals surface area contributed by atoms with Gasteiger partial charge in [-0.1, -0.05) is 85.2 Å². The Hall–Kier alpha value is -1.98. The van der Waals surface area contributed by atoms with E-state index < -0.39 is 0 Å². The van der Waals surface area contributed by atoms with Crippen molar-refractivity contribution < 1.29 is 4.79 Å². The van der Waals surface area contributed by atoms with Gasteiger partial charge in [-0.15, -0.1) is 11.3 Å². The van der Waals surface area contributed by atoms with Gasteiger partial charge in [0.1, 0.15) is 0 Å². The van der Waals surface area contributed by atoms with Gasteiger partial charge in [0.05, 0.1) is 11.0 Å². The number of carbonyl (C=O) groups is 1. The highest BCUT2D eigenvalue weighted by Crippen LogP contribution is 2.29. The van der Waals surface area contributed by atoms with E-state index in [-0.39, 0.29) is 16.7 Å². The topological polar surface area (TPSA) is 42.0 Å². The molecule has 1 amide bonds. The van der Waals surface area contributed by atoms with Crippen LogP contribution in [-0.4, -0.2) is 16.2 Å². The number of halogens is 1. The molecule has 0 saturated carbocycles. The third-order valence-corrected chi connectivity index (χ3v) is 5.40. The van der Waals surface area contributed by atoms with E-state index in [4.69, 9.17) is 0 Å². The van der Waals surface area contributed by atoms with Crippen molar-refractivity contribution >= 4 is 38.3 Å². The SMILES string of the molecule is CC(C)(C)c1ccc(-c2ccc(-c3csc(NC(=O)CBr)n3)cc2)cc1. The first kappa shape index (κ1) is 18.8. The van der Waals surface area contributed by atoms with Crippen molar-refractivity contribution in [2.45, 2.75) is 26.2 Å². The fraction of sp³-hybridized carbons (Fsp3) is 0.238. The minimum atomic E-state index is -0.0973. The van der Waals surface area contributed by atoms with E-state index in [1.807, 2.05) is 5.38 Å². The molecule has 0 saturated heterocycles. The molecule has 1 heterocycles. The number of rotatable bonds is 4. The van der Waals surface area contributed by atoms with Crippen LogP contribution in [0.1, 0.15) is 26.3 Å². The molecule has 0 radical (unpaired) electrons. The van der Waals surface area contributed by atoms with Gasteiger partial charge in [0.2, 0.25) is 5.91 Å². The van der Waals surface area contributed by atoms with Gasteiger partial charge in [0.15, 0.2) is 5.13 Å². The van der Waals surface area contributed by atoms with Crippen LogP contribution in [0.4, 0.5) is 5.13 Å². The number of benzene rings is 2. The molecule has 3 nitrogen and oxygen atoms in total. The number of hydrogen-bond acceptors (Lipinski definition) is 3. The number of alkyl halides is 1. The van der Waals surface area contributed by atoms with Gasteiger partial charge in [0, 0.05) is 10.9 Å². The maximum atomic E-state index is 11.4. The molecule has 134 valence electrons. The summed E-state index contributed by atoms with van der Waals surface area (Å²) in [7, 11) is 0. The molecule has 1 aromatic heterocycles. The Balaban J connectivity index is 1.77. The van der Waals surface area contributed by atoms with Crippen LogP contribution in [0.25, 0.3) is 22.4 Å². The van der Waals surface area contributed by atoms with Gasteiger partial charge >= 0.3 is 0 Å². The van der Waals surface area contributed by atoms with E-state index in [9.17, 15) is 4.79 Å². The Kier molecular flexibility index (Phi) is 5.58. The molecule has 0 fully saturated rings. The van der Waals surface area contributed by atoms with E-state index >= 15 is 0 Å². The van der Waals surface area contributed by atoms with E-state index in [1.54, 1.807) is 0 Å². The minimum absolute atomic E-state index is 0.0973. The number of amides is 1. The van der Waals surface area contributed by atoms with Gasteiger partial charge in [-0.2, -0.15) is 0 Å². The van der Waals surface area contributed by atoms with Crippen LogP contribution in [0, 0.1) is 0 Å². The molecular formula is C21H21BrN2OS. The van der Waals surface area contributed by atoms with Crippen LogP contribution < -0.4 is 5.32 Å². The predicted octanol–water partition coefficient (Wildman–Crippen LogP) is 6.11. The fourth-order valence-corrected chi connectivity index (χ4v) is 3.49. The molecule has 3 rings (SSSR count). The highest BCUT2D eigenvalue weighted by Gasteiger charge is 2.13. The second-order valence-electron chi connectivity index (χ2n) is 7.12. The number of anilines is 1. The summed E-state index contributed by atoms with van der Waals surface area (Å²) >= 11 is 4.56. The van der Waals surface area contributed by atoms with Gasteiger partial charge in [0.25, 0.3) is 0 Å². The van der Waals surface area contributed by atoms with Gasteiger partial charge < -0.3 is 5.32 Å². The van der Waals surface area contributed by atoms with Gasteiger partial charge in [-0.3, -0.25) is 4.79 Å². The summed E-state index contributed by atoms with van der Waals surface area (Å²) in [6.07, 6.45) is 0. The van der Waals surface area contributed by atoms with Gasteiger partial charge in [-0.05, 0) is 22.1 Å². The molecule has 26 heavy (non-hydrogen) atoms. The first-order valence-corrected chi connectivity index (χ1v) is 10.4. The van der Waals surface area contributed by atoms with Crippen LogP contribution in [-0.2, 0) is 10.2 Å². The fourth-order valence-electron chi connectivity index (χ4n) is 2.61. The zero-order chi connectivity index (χ0) is 18.7. The summed E-state index contributed by atoms with van der Waals surface area (Å²) in [4.78, 5) is 15.9. The summed E-state index contributed by atoms with van der Waals surface area (Å²) in [6, 6.07) is 17.1. The van der Waals surface area contributed by atoms with E-state index in [0.717, 1.165) is 11.3 Å². The number of nitrogens with zero attached hydrogens (tertiary/aromatic N) is 1. The molecule has 0 spiro atoms. The molecule has 5 heteroatoms. The molecule has 0 bridgehead atoms. The molecule has 3 aromatic rings. The van der Waals surface area contributed by atoms with Crippen molar-refractivity contribution in [3.05, 3.63) is 59.5 Å². The summed E-state index contributed by atoms with van der Waals surface area (Å²) in [5.74, 6) is -0.0973.